The molecule has 7 nitrogen and oxygen atoms in total. The van der Waals surface area contributed by atoms with Gasteiger partial charge >= 0.3 is 5.97 Å². The first-order valence-corrected chi connectivity index (χ1v) is 9.18. The Morgan fingerprint density at radius 1 is 0.931 bits per heavy atom. The number of anilines is 1. The van der Waals surface area contributed by atoms with Crippen LogP contribution in [0.1, 0.15) is 28.5 Å². The number of carbonyl (C=O) groups excluding carboxylic acids is 2. The van der Waals surface area contributed by atoms with Gasteiger partial charge < -0.3 is 15.4 Å². The standard InChI is InChI=1S/C22H22N4O3/c1-16(29-22(28)19-20(23)25-13-12-24-19)21(27)26(14-17-8-4-2-5-9-17)15-18-10-6-3-7-11-18/h2-13,16H,14-15H2,1H3,(H2,23,25)/t16-/m0/s1. The van der Waals surface area contributed by atoms with Crippen molar-refractivity contribution in [1.82, 2.24) is 14.9 Å². The van der Waals surface area contributed by atoms with E-state index in [9.17, 15) is 9.59 Å². The average Bonchev–Trinajstić information content (AvgIpc) is 2.74. The van der Waals surface area contributed by atoms with E-state index in [1.807, 2.05) is 60.7 Å². The molecular weight excluding hydrogens is 368 g/mol. The van der Waals surface area contributed by atoms with Gasteiger partial charge in [-0.05, 0) is 18.1 Å². The Labute approximate surface area is 169 Å². The number of amides is 1. The SMILES string of the molecule is C[C@H](OC(=O)c1nccnc1N)C(=O)N(Cc1ccccc1)Cc1ccccc1. The van der Waals surface area contributed by atoms with Crippen molar-refractivity contribution in [2.45, 2.75) is 26.1 Å². The van der Waals surface area contributed by atoms with E-state index in [0.29, 0.717) is 13.1 Å². The molecule has 0 unspecified atom stereocenters. The summed E-state index contributed by atoms with van der Waals surface area (Å²) in [6.45, 7) is 2.32. The average molecular weight is 390 g/mol. The van der Waals surface area contributed by atoms with Crippen molar-refractivity contribution >= 4 is 17.7 Å². The Bertz CT molecular complexity index is 923. The molecule has 0 saturated heterocycles. The molecule has 0 radical (unpaired) electrons. The fourth-order valence-corrected chi connectivity index (χ4v) is 2.85. The number of nitrogens with two attached hydrogens (primary N) is 1. The first-order chi connectivity index (χ1) is 14.0. The molecule has 3 rings (SSSR count). The normalized spacial score (nSPS) is 11.5. The fourth-order valence-electron chi connectivity index (χ4n) is 2.85. The van der Waals surface area contributed by atoms with Crippen LogP contribution in [0, 0.1) is 0 Å². The summed E-state index contributed by atoms with van der Waals surface area (Å²) in [7, 11) is 0. The van der Waals surface area contributed by atoms with Gasteiger partial charge in [0.25, 0.3) is 5.91 Å². The largest absolute Gasteiger partial charge is 0.448 e. The Balaban J connectivity index is 1.75. The van der Waals surface area contributed by atoms with Crippen LogP contribution in [-0.4, -0.2) is 32.8 Å². The molecule has 29 heavy (non-hydrogen) atoms. The van der Waals surface area contributed by atoms with E-state index in [2.05, 4.69) is 9.97 Å². The van der Waals surface area contributed by atoms with Gasteiger partial charge in [0.1, 0.15) is 0 Å². The molecule has 2 aromatic carbocycles. The van der Waals surface area contributed by atoms with Gasteiger partial charge in [-0.15, -0.1) is 0 Å². The second kappa shape index (κ2) is 9.45. The van der Waals surface area contributed by atoms with E-state index in [0.717, 1.165) is 11.1 Å². The molecule has 148 valence electrons. The van der Waals surface area contributed by atoms with Crippen LogP contribution in [-0.2, 0) is 22.6 Å². The molecule has 1 amide bonds. The van der Waals surface area contributed by atoms with Gasteiger partial charge in [0, 0.05) is 25.5 Å². The first-order valence-electron chi connectivity index (χ1n) is 9.18. The maximum Gasteiger partial charge on any atom is 0.361 e. The smallest absolute Gasteiger partial charge is 0.361 e. The van der Waals surface area contributed by atoms with Gasteiger partial charge in [0.2, 0.25) is 0 Å². The fraction of sp³-hybridized carbons (Fsp3) is 0.182. The van der Waals surface area contributed by atoms with Gasteiger partial charge in [-0.1, -0.05) is 60.7 Å². The quantitative estimate of drug-likeness (QED) is 0.623. The molecule has 0 aliphatic carbocycles. The molecule has 0 spiro atoms. The summed E-state index contributed by atoms with van der Waals surface area (Å²) in [6.07, 6.45) is 1.72. The van der Waals surface area contributed by atoms with Crippen molar-refractivity contribution in [3.05, 3.63) is 89.9 Å². The van der Waals surface area contributed by atoms with Crippen LogP contribution < -0.4 is 5.73 Å². The highest BCUT2D eigenvalue weighted by atomic mass is 16.5. The van der Waals surface area contributed by atoms with Gasteiger partial charge in [-0.2, -0.15) is 0 Å². The maximum atomic E-state index is 13.1. The molecule has 1 aromatic heterocycles. The summed E-state index contributed by atoms with van der Waals surface area (Å²) >= 11 is 0. The molecule has 1 atom stereocenters. The van der Waals surface area contributed by atoms with Crippen molar-refractivity contribution in [3.63, 3.8) is 0 Å². The van der Waals surface area contributed by atoms with E-state index >= 15 is 0 Å². The van der Waals surface area contributed by atoms with Gasteiger partial charge in [-0.25, -0.2) is 14.8 Å². The van der Waals surface area contributed by atoms with Crippen LogP contribution in [0.2, 0.25) is 0 Å². The first kappa shape index (κ1) is 20.0. The maximum absolute atomic E-state index is 13.1. The predicted molar refractivity (Wildman–Crippen MR) is 108 cm³/mol. The molecule has 1 heterocycles. The van der Waals surface area contributed by atoms with E-state index in [1.54, 1.807) is 4.90 Å². The van der Waals surface area contributed by atoms with E-state index in [1.165, 1.54) is 19.3 Å². The second-order valence-electron chi connectivity index (χ2n) is 6.50. The third-order valence-corrected chi connectivity index (χ3v) is 4.30. The zero-order valence-corrected chi connectivity index (χ0v) is 16.1. The van der Waals surface area contributed by atoms with Crippen LogP contribution in [0.3, 0.4) is 0 Å². The number of hydrogen-bond donors (Lipinski definition) is 1. The molecule has 3 aromatic rings. The minimum Gasteiger partial charge on any atom is -0.448 e. The molecule has 0 aliphatic rings. The van der Waals surface area contributed by atoms with Crippen LogP contribution in [0.15, 0.2) is 73.1 Å². The molecule has 0 aliphatic heterocycles. The van der Waals surface area contributed by atoms with Crippen LogP contribution in [0.25, 0.3) is 0 Å². The van der Waals surface area contributed by atoms with Crippen molar-refractivity contribution in [1.29, 1.82) is 0 Å². The van der Waals surface area contributed by atoms with Gasteiger partial charge in [0.05, 0.1) is 0 Å². The van der Waals surface area contributed by atoms with Crippen molar-refractivity contribution in [2.24, 2.45) is 0 Å². The number of hydrogen-bond acceptors (Lipinski definition) is 6. The third-order valence-electron chi connectivity index (χ3n) is 4.30. The van der Waals surface area contributed by atoms with Crippen LogP contribution in [0.4, 0.5) is 5.82 Å². The summed E-state index contributed by atoms with van der Waals surface area (Å²) < 4.78 is 5.32. The molecule has 7 heteroatoms. The molecule has 0 saturated carbocycles. The highest BCUT2D eigenvalue weighted by Gasteiger charge is 2.26. The van der Waals surface area contributed by atoms with Crippen molar-refractivity contribution in [3.8, 4) is 0 Å². The Morgan fingerprint density at radius 3 is 1.97 bits per heavy atom. The number of nitrogens with zero attached hydrogens (tertiary/aromatic N) is 3. The number of nitrogen functional groups attached to an aromatic ring is 1. The lowest BCUT2D eigenvalue weighted by Crippen LogP contribution is -2.39. The zero-order valence-electron chi connectivity index (χ0n) is 16.1. The lowest BCUT2D eigenvalue weighted by atomic mass is 10.1. The number of rotatable bonds is 7. The predicted octanol–water partition coefficient (Wildman–Crippen LogP) is 2.83. The van der Waals surface area contributed by atoms with E-state index in [-0.39, 0.29) is 17.4 Å². The van der Waals surface area contributed by atoms with Crippen molar-refractivity contribution in [2.75, 3.05) is 5.73 Å². The summed E-state index contributed by atoms with van der Waals surface area (Å²) in [5.41, 5.74) is 7.52. The number of esters is 1. The Morgan fingerprint density at radius 2 is 1.45 bits per heavy atom. The Hall–Kier alpha value is -3.74. The number of carbonyl (C=O) groups is 2. The number of ether oxygens (including phenoxy) is 1. The van der Waals surface area contributed by atoms with E-state index < -0.39 is 12.1 Å². The highest BCUT2D eigenvalue weighted by Crippen LogP contribution is 2.14. The highest BCUT2D eigenvalue weighted by molar-refractivity contribution is 5.94. The molecular formula is C22H22N4O3. The van der Waals surface area contributed by atoms with Gasteiger partial charge in [0.15, 0.2) is 17.6 Å². The van der Waals surface area contributed by atoms with E-state index in [4.69, 9.17) is 10.5 Å². The lowest BCUT2D eigenvalue weighted by molar-refractivity contribution is -0.141. The topological polar surface area (TPSA) is 98.4 Å². The zero-order chi connectivity index (χ0) is 20.6. The summed E-state index contributed by atoms with van der Waals surface area (Å²) in [6, 6.07) is 19.3. The van der Waals surface area contributed by atoms with Crippen LogP contribution in [0.5, 0.6) is 0 Å². The number of benzene rings is 2. The molecule has 0 fully saturated rings. The lowest BCUT2D eigenvalue weighted by Gasteiger charge is -2.26. The minimum absolute atomic E-state index is 0.0393. The summed E-state index contributed by atoms with van der Waals surface area (Å²) in [5.74, 6) is -1.13. The monoisotopic (exact) mass is 390 g/mol. The van der Waals surface area contributed by atoms with Gasteiger partial charge in [-0.3, -0.25) is 4.79 Å². The summed E-state index contributed by atoms with van der Waals surface area (Å²) in [4.78, 5) is 34.8. The molecule has 0 bridgehead atoms. The summed E-state index contributed by atoms with van der Waals surface area (Å²) in [5, 5.41) is 0. The Kier molecular flexibility index (Phi) is 6.52. The second-order valence-corrected chi connectivity index (χ2v) is 6.50. The number of aromatic nitrogens is 2. The minimum atomic E-state index is -1.00. The third kappa shape index (κ3) is 5.38. The van der Waals surface area contributed by atoms with Crippen molar-refractivity contribution < 1.29 is 14.3 Å². The molecule has 2 N–H and O–H groups in total. The van der Waals surface area contributed by atoms with Crippen LogP contribution >= 0.6 is 0 Å².